The van der Waals surface area contributed by atoms with Crippen molar-refractivity contribution in [2.24, 2.45) is 0 Å². The smallest absolute Gasteiger partial charge is 0.299 e. The van der Waals surface area contributed by atoms with Crippen molar-refractivity contribution in [1.82, 2.24) is 10.3 Å². The number of hydrogen-bond acceptors (Lipinski definition) is 5. The average Bonchev–Trinajstić information content (AvgIpc) is 2.75. The number of rotatable bonds is 1. The van der Waals surface area contributed by atoms with Crippen LogP contribution >= 0.6 is 0 Å². The van der Waals surface area contributed by atoms with E-state index in [-0.39, 0.29) is 5.91 Å². The summed E-state index contributed by atoms with van der Waals surface area (Å²) in [5.41, 5.74) is 7.05. The van der Waals surface area contributed by atoms with Gasteiger partial charge in [-0.25, -0.2) is 0 Å². The van der Waals surface area contributed by atoms with E-state index in [0.717, 1.165) is 5.52 Å². The quantitative estimate of drug-likeness (QED) is 0.751. The lowest BCUT2D eigenvalue weighted by molar-refractivity contribution is -0.126. The van der Waals surface area contributed by atoms with Gasteiger partial charge in [-0.1, -0.05) is 0 Å². The van der Waals surface area contributed by atoms with Crippen molar-refractivity contribution in [2.75, 3.05) is 23.7 Å². The van der Waals surface area contributed by atoms with Gasteiger partial charge in [0.25, 0.3) is 6.01 Å². The minimum atomic E-state index is -0.676. The highest BCUT2D eigenvalue weighted by Crippen LogP contribution is 2.29. The van der Waals surface area contributed by atoms with Crippen molar-refractivity contribution in [2.45, 2.75) is 19.4 Å². The number of carbonyl (C=O) groups is 1. The Kier molecular flexibility index (Phi) is 2.41. The van der Waals surface area contributed by atoms with E-state index in [4.69, 9.17) is 10.2 Å². The zero-order chi connectivity index (χ0) is 13.6. The maximum Gasteiger partial charge on any atom is 0.299 e. The fourth-order valence-corrected chi connectivity index (χ4v) is 2.28. The molecule has 0 radical (unpaired) electrons. The Hall–Kier alpha value is -2.24. The summed E-state index contributed by atoms with van der Waals surface area (Å²) in [6, 6.07) is 5.79. The molecule has 1 saturated heterocycles. The number of anilines is 2. The van der Waals surface area contributed by atoms with E-state index in [0.29, 0.717) is 30.4 Å². The summed E-state index contributed by atoms with van der Waals surface area (Å²) in [7, 11) is 0. The molecule has 1 amide bonds. The molecule has 6 nitrogen and oxygen atoms in total. The predicted octanol–water partition coefficient (Wildman–Crippen LogP) is 1.12. The zero-order valence-corrected chi connectivity index (χ0v) is 10.9. The van der Waals surface area contributed by atoms with Crippen LogP contribution in [0.5, 0.6) is 0 Å². The Morgan fingerprint density at radius 1 is 1.47 bits per heavy atom. The summed E-state index contributed by atoms with van der Waals surface area (Å²) < 4.78 is 5.73. The van der Waals surface area contributed by atoms with Gasteiger partial charge in [-0.15, -0.1) is 0 Å². The summed E-state index contributed by atoms with van der Waals surface area (Å²) >= 11 is 0. The monoisotopic (exact) mass is 260 g/mol. The molecule has 1 fully saturated rings. The zero-order valence-electron chi connectivity index (χ0n) is 10.9. The highest BCUT2D eigenvalue weighted by Gasteiger charge is 2.40. The first-order valence-corrected chi connectivity index (χ1v) is 6.20. The normalized spacial score (nSPS) is 18.6. The Morgan fingerprint density at radius 2 is 2.26 bits per heavy atom. The average molecular weight is 260 g/mol. The third-order valence-corrected chi connectivity index (χ3v) is 3.48. The van der Waals surface area contributed by atoms with E-state index in [9.17, 15) is 4.79 Å². The maximum absolute atomic E-state index is 11.9. The first-order chi connectivity index (χ1) is 8.98. The van der Waals surface area contributed by atoms with Crippen LogP contribution in [0.3, 0.4) is 0 Å². The second kappa shape index (κ2) is 3.88. The van der Waals surface area contributed by atoms with Gasteiger partial charge in [0.05, 0.1) is 0 Å². The number of benzene rings is 1. The van der Waals surface area contributed by atoms with Gasteiger partial charge in [-0.05, 0) is 26.0 Å². The largest absolute Gasteiger partial charge is 0.423 e. The molecular weight excluding hydrogens is 244 g/mol. The molecule has 2 aromatic rings. The molecule has 19 heavy (non-hydrogen) atoms. The van der Waals surface area contributed by atoms with Crippen LogP contribution in [0.15, 0.2) is 22.6 Å². The topological polar surface area (TPSA) is 84.4 Å². The molecular formula is C13H16N4O2. The molecule has 1 aromatic heterocycles. The molecule has 0 atom stereocenters. The van der Waals surface area contributed by atoms with Crippen LogP contribution in [0, 0.1) is 0 Å². The molecule has 2 heterocycles. The maximum atomic E-state index is 11.9. The number of hydrogen-bond donors (Lipinski definition) is 2. The molecule has 1 aromatic carbocycles. The van der Waals surface area contributed by atoms with Crippen LogP contribution < -0.4 is 16.0 Å². The van der Waals surface area contributed by atoms with E-state index in [2.05, 4.69) is 10.3 Å². The summed E-state index contributed by atoms with van der Waals surface area (Å²) in [5, 5.41) is 2.84. The molecule has 3 N–H and O–H groups in total. The first kappa shape index (κ1) is 11.8. The van der Waals surface area contributed by atoms with E-state index in [1.807, 2.05) is 24.8 Å². The standard InChI is InChI=1S/C13H16N4O2/c1-13(2)11(18)15-5-6-17(13)12-16-9-4-3-8(14)7-10(9)19-12/h3-4,7H,5-6,14H2,1-2H3,(H,15,18). The number of carbonyl (C=O) groups excluding carboxylic acids is 1. The molecule has 0 saturated carbocycles. The van der Waals surface area contributed by atoms with Crippen LogP contribution in [0.1, 0.15) is 13.8 Å². The van der Waals surface area contributed by atoms with Crippen molar-refractivity contribution >= 4 is 28.7 Å². The molecule has 0 unspecified atom stereocenters. The summed E-state index contributed by atoms with van der Waals surface area (Å²) in [6.07, 6.45) is 0. The number of nitrogens with one attached hydrogen (secondary N) is 1. The van der Waals surface area contributed by atoms with Crippen molar-refractivity contribution in [3.63, 3.8) is 0 Å². The van der Waals surface area contributed by atoms with Gasteiger partial charge >= 0.3 is 0 Å². The summed E-state index contributed by atoms with van der Waals surface area (Å²) in [6.45, 7) is 4.96. The van der Waals surface area contributed by atoms with Gasteiger partial charge < -0.3 is 20.4 Å². The van der Waals surface area contributed by atoms with Gasteiger partial charge in [0.1, 0.15) is 11.1 Å². The molecule has 100 valence electrons. The second-order valence-corrected chi connectivity index (χ2v) is 5.19. The minimum absolute atomic E-state index is 0.0273. The van der Waals surface area contributed by atoms with Gasteiger partial charge in [-0.2, -0.15) is 4.98 Å². The lowest BCUT2D eigenvalue weighted by Gasteiger charge is -2.39. The number of oxazole rings is 1. The van der Waals surface area contributed by atoms with Crippen molar-refractivity contribution in [3.05, 3.63) is 18.2 Å². The molecule has 0 spiro atoms. The number of nitrogens with two attached hydrogens (primary N) is 1. The lowest BCUT2D eigenvalue weighted by Crippen LogP contribution is -2.62. The Labute approximate surface area is 110 Å². The van der Waals surface area contributed by atoms with E-state index in [1.165, 1.54) is 0 Å². The van der Waals surface area contributed by atoms with Crippen LogP contribution in [0.2, 0.25) is 0 Å². The highest BCUT2D eigenvalue weighted by molar-refractivity contribution is 5.90. The number of piperazine rings is 1. The Bertz CT molecular complexity index is 647. The van der Waals surface area contributed by atoms with E-state index in [1.54, 1.807) is 12.1 Å². The molecule has 3 rings (SSSR count). The van der Waals surface area contributed by atoms with Crippen molar-refractivity contribution in [1.29, 1.82) is 0 Å². The third-order valence-electron chi connectivity index (χ3n) is 3.48. The van der Waals surface area contributed by atoms with Crippen molar-refractivity contribution in [3.8, 4) is 0 Å². The number of nitrogen functional groups attached to an aromatic ring is 1. The molecule has 6 heteroatoms. The summed E-state index contributed by atoms with van der Waals surface area (Å²) in [4.78, 5) is 18.2. The lowest BCUT2D eigenvalue weighted by atomic mass is 10.00. The summed E-state index contributed by atoms with van der Waals surface area (Å²) in [5.74, 6) is -0.0273. The Balaban J connectivity index is 2.06. The first-order valence-electron chi connectivity index (χ1n) is 6.20. The number of nitrogens with zero attached hydrogens (tertiary/aromatic N) is 2. The van der Waals surface area contributed by atoms with Gasteiger partial charge in [0.2, 0.25) is 5.91 Å². The fraction of sp³-hybridized carbons (Fsp3) is 0.385. The molecule has 1 aliphatic rings. The molecule has 0 bridgehead atoms. The van der Waals surface area contributed by atoms with Gasteiger partial charge in [0, 0.05) is 24.8 Å². The van der Waals surface area contributed by atoms with Gasteiger partial charge in [-0.3, -0.25) is 4.79 Å². The minimum Gasteiger partial charge on any atom is -0.423 e. The SMILES string of the molecule is CC1(C)C(=O)NCCN1c1nc2ccc(N)cc2o1. The van der Waals surface area contributed by atoms with Crippen LogP contribution in [0.25, 0.3) is 11.1 Å². The predicted molar refractivity (Wildman–Crippen MR) is 72.9 cm³/mol. The van der Waals surface area contributed by atoms with Crippen LogP contribution in [-0.2, 0) is 4.79 Å². The number of fused-ring (bicyclic) bond motifs is 1. The highest BCUT2D eigenvalue weighted by atomic mass is 16.4. The Morgan fingerprint density at radius 3 is 3.05 bits per heavy atom. The molecule has 0 aliphatic carbocycles. The fourth-order valence-electron chi connectivity index (χ4n) is 2.28. The van der Waals surface area contributed by atoms with Gasteiger partial charge in [0.15, 0.2) is 5.58 Å². The second-order valence-electron chi connectivity index (χ2n) is 5.19. The van der Waals surface area contributed by atoms with Crippen molar-refractivity contribution < 1.29 is 9.21 Å². The number of amides is 1. The molecule has 1 aliphatic heterocycles. The van der Waals surface area contributed by atoms with E-state index >= 15 is 0 Å². The number of aromatic nitrogens is 1. The third kappa shape index (κ3) is 1.80. The van der Waals surface area contributed by atoms with E-state index < -0.39 is 5.54 Å². The van der Waals surface area contributed by atoms with Crippen LogP contribution in [0.4, 0.5) is 11.7 Å². The van der Waals surface area contributed by atoms with Crippen LogP contribution in [-0.4, -0.2) is 29.5 Å².